The molecule has 0 unspecified atom stereocenters. The molecule has 0 aliphatic rings. The van der Waals surface area contributed by atoms with Gasteiger partial charge in [-0.1, -0.05) is 127 Å². The Morgan fingerprint density at radius 1 is 0.396 bits per heavy atom. The van der Waals surface area contributed by atoms with Crippen LogP contribution in [0.15, 0.2) is 167 Å². The Morgan fingerprint density at radius 3 is 1.85 bits per heavy atom. The standard InChI is InChI=1S/C44H26N2O2/c1-3-11-27(12-4-1)29-21-22-31-26-32(24-23-30(31)25-29)33-16-9-17-35-39-36(18-10-20-38(39)48-42(33)35)44-45-40(28-13-5-2-6-14-28)43-41(46-44)34-15-7-8-19-37(34)47-43/h1-26H. The zero-order valence-electron chi connectivity index (χ0n) is 25.7. The van der Waals surface area contributed by atoms with Crippen molar-refractivity contribution in [3.63, 3.8) is 0 Å². The maximum Gasteiger partial charge on any atom is 0.180 e. The number of benzene rings is 7. The Bertz CT molecular complexity index is 2830. The Kier molecular flexibility index (Phi) is 5.84. The van der Waals surface area contributed by atoms with Crippen molar-refractivity contribution in [3.05, 3.63) is 158 Å². The van der Waals surface area contributed by atoms with Gasteiger partial charge in [-0.25, -0.2) is 9.97 Å². The fourth-order valence-electron chi connectivity index (χ4n) is 6.99. The monoisotopic (exact) mass is 614 g/mol. The minimum Gasteiger partial charge on any atom is -0.455 e. The molecule has 7 aromatic carbocycles. The third kappa shape index (κ3) is 4.16. The summed E-state index contributed by atoms with van der Waals surface area (Å²) >= 11 is 0. The first-order valence-corrected chi connectivity index (χ1v) is 16.1. The first-order chi connectivity index (χ1) is 23.8. The van der Waals surface area contributed by atoms with Crippen LogP contribution < -0.4 is 0 Å². The van der Waals surface area contributed by atoms with Crippen LogP contribution >= 0.6 is 0 Å². The molecule has 0 aliphatic carbocycles. The Morgan fingerprint density at radius 2 is 1.02 bits per heavy atom. The van der Waals surface area contributed by atoms with Crippen LogP contribution in [0.25, 0.3) is 99.7 Å². The minimum absolute atomic E-state index is 0.631. The molecule has 48 heavy (non-hydrogen) atoms. The number of hydrogen-bond acceptors (Lipinski definition) is 4. The predicted molar refractivity (Wildman–Crippen MR) is 196 cm³/mol. The highest BCUT2D eigenvalue weighted by atomic mass is 16.3. The highest BCUT2D eigenvalue weighted by molar-refractivity contribution is 6.16. The van der Waals surface area contributed by atoms with Crippen molar-refractivity contribution in [3.8, 4) is 44.9 Å². The summed E-state index contributed by atoms with van der Waals surface area (Å²) in [5, 5.41) is 5.37. The van der Waals surface area contributed by atoms with E-state index in [-0.39, 0.29) is 0 Å². The summed E-state index contributed by atoms with van der Waals surface area (Å²) in [5.74, 6) is 0.631. The van der Waals surface area contributed by atoms with E-state index in [1.165, 1.54) is 21.9 Å². The van der Waals surface area contributed by atoms with E-state index >= 15 is 0 Å². The lowest BCUT2D eigenvalue weighted by atomic mass is 9.96. The molecular formula is C44H26N2O2. The normalized spacial score (nSPS) is 11.8. The van der Waals surface area contributed by atoms with Gasteiger partial charge in [-0.05, 0) is 57.8 Å². The van der Waals surface area contributed by atoms with Gasteiger partial charge in [0.15, 0.2) is 11.4 Å². The molecule has 3 aromatic heterocycles. The fourth-order valence-corrected chi connectivity index (χ4v) is 6.99. The molecule has 3 heterocycles. The number of fused-ring (bicyclic) bond motifs is 7. The average Bonchev–Trinajstić information content (AvgIpc) is 3.73. The van der Waals surface area contributed by atoms with Crippen molar-refractivity contribution in [2.75, 3.05) is 0 Å². The SMILES string of the molecule is c1ccc(-c2ccc3cc(-c4cccc5c4oc4cccc(-c6nc(-c7ccccc7)c7oc8ccccc8c7n6)c45)ccc3c2)cc1. The maximum atomic E-state index is 6.67. The van der Waals surface area contributed by atoms with Crippen molar-refractivity contribution >= 4 is 54.8 Å². The molecule has 0 bridgehead atoms. The van der Waals surface area contributed by atoms with Gasteiger partial charge in [0, 0.05) is 32.8 Å². The van der Waals surface area contributed by atoms with Gasteiger partial charge in [0.25, 0.3) is 0 Å². The second-order valence-corrected chi connectivity index (χ2v) is 12.1. The molecule has 0 spiro atoms. The zero-order valence-corrected chi connectivity index (χ0v) is 25.7. The van der Waals surface area contributed by atoms with E-state index in [2.05, 4.69) is 103 Å². The second-order valence-electron chi connectivity index (χ2n) is 12.1. The van der Waals surface area contributed by atoms with Crippen LogP contribution in [-0.2, 0) is 0 Å². The molecule has 0 saturated carbocycles. The third-order valence-corrected chi connectivity index (χ3v) is 9.29. The van der Waals surface area contributed by atoms with Crippen molar-refractivity contribution in [1.29, 1.82) is 0 Å². The first kappa shape index (κ1) is 26.7. The summed E-state index contributed by atoms with van der Waals surface area (Å²) < 4.78 is 13.0. The largest absolute Gasteiger partial charge is 0.455 e. The van der Waals surface area contributed by atoms with Crippen LogP contribution in [-0.4, -0.2) is 9.97 Å². The molecule has 0 aliphatic heterocycles. The van der Waals surface area contributed by atoms with Crippen LogP contribution in [0.3, 0.4) is 0 Å². The van der Waals surface area contributed by atoms with Crippen LogP contribution in [0.4, 0.5) is 0 Å². The lowest BCUT2D eigenvalue weighted by Crippen LogP contribution is -1.94. The molecule has 10 aromatic rings. The summed E-state index contributed by atoms with van der Waals surface area (Å²) in [6, 6.07) is 54.5. The molecule has 10 rings (SSSR count). The quantitative estimate of drug-likeness (QED) is 0.198. The number of nitrogens with zero attached hydrogens (tertiary/aromatic N) is 2. The van der Waals surface area contributed by atoms with Gasteiger partial charge >= 0.3 is 0 Å². The third-order valence-electron chi connectivity index (χ3n) is 9.29. The number of hydrogen-bond donors (Lipinski definition) is 0. The van der Waals surface area contributed by atoms with E-state index < -0.39 is 0 Å². The van der Waals surface area contributed by atoms with E-state index in [0.717, 1.165) is 66.4 Å². The molecule has 4 nitrogen and oxygen atoms in total. The van der Waals surface area contributed by atoms with Gasteiger partial charge in [-0.2, -0.15) is 0 Å². The van der Waals surface area contributed by atoms with Crippen molar-refractivity contribution < 1.29 is 8.83 Å². The topological polar surface area (TPSA) is 52.1 Å². The van der Waals surface area contributed by atoms with E-state index in [1.807, 2.05) is 54.6 Å². The van der Waals surface area contributed by atoms with Crippen molar-refractivity contribution in [2.24, 2.45) is 0 Å². The molecule has 0 N–H and O–H groups in total. The second kappa shape index (κ2) is 10.5. The van der Waals surface area contributed by atoms with E-state index in [1.54, 1.807) is 0 Å². The minimum atomic E-state index is 0.631. The number of aromatic nitrogens is 2. The van der Waals surface area contributed by atoms with Gasteiger partial charge in [0.05, 0.1) is 0 Å². The van der Waals surface area contributed by atoms with Crippen LogP contribution in [0.5, 0.6) is 0 Å². The zero-order chi connectivity index (χ0) is 31.6. The van der Waals surface area contributed by atoms with Gasteiger partial charge < -0.3 is 8.83 Å². The van der Waals surface area contributed by atoms with E-state index in [4.69, 9.17) is 18.8 Å². The van der Waals surface area contributed by atoms with Gasteiger partial charge in [0.1, 0.15) is 28.0 Å². The molecule has 0 atom stereocenters. The smallest absolute Gasteiger partial charge is 0.180 e. The van der Waals surface area contributed by atoms with E-state index in [9.17, 15) is 0 Å². The summed E-state index contributed by atoms with van der Waals surface area (Å²) in [5.41, 5.74) is 11.2. The first-order valence-electron chi connectivity index (χ1n) is 16.1. The van der Waals surface area contributed by atoms with Gasteiger partial charge in [-0.3, -0.25) is 0 Å². The number of rotatable bonds is 4. The molecule has 224 valence electrons. The van der Waals surface area contributed by atoms with Crippen molar-refractivity contribution in [2.45, 2.75) is 0 Å². The van der Waals surface area contributed by atoms with Crippen LogP contribution in [0.2, 0.25) is 0 Å². The highest BCUT2D eigenvalue weighted by Crippen LogP contribution is 2.42. The molecular weight excluding hydrogens is 588 g/mol. The molecule has 0 saturated heterocycles. The van der Waals surface area contributed by atoms with Gasteiger partial charge in [0.2, 0.25) is 0 Å². The lowest BCUT2D eigenvalue weighted by molar-refractivity contribution is 0.667. The molecule has 4 heteroatoms. The average molecular weight is 615 g/mol. The van der Waals surface area contributed by atoms with Crippen molar-refractivity contribution in [1.82, 2.24) is 9.97 Å². The summed E-state index contributed by atoms with van der Waals surface area (Å²) in [6.45, 7) is 0. The number of para-hydroxylation sites is 2. The Balaban J connectivity index is 1.16. The highest BCUT2D eigenvalue weighted by Gasteiger charge is 2.21. The summed E-state index contributed by atoms with van der Waals surface area (Å²) in [7, 11) is 0. The van der Waals surface area contributed by atoms with E-state index in [0.29, 0.717) is 11.4 Å². The number of furan rings is 2. The Labute approximate surface area is 275 Å². The fraction of sp³-hybridized carbons (Fsp3) is 0. The maximum absolute atomic E-state index is 6.67. The summed E-state index contributed by atoms with van der Waals surface area (Å²) in [4.78, 5) is 10.3. The van der Waals surface area contributed by atoms with Crippen LogP contribution in [0.1, 0.15) is 0 Å². The predicted octanol–water partition coefficient (Wildman–Crippen LogP) is 12.1. The molecule has 0 radical (unpaired) electrons. The molecule has 0 amide bonds. The lowest BCUT2D eigenvalue weighted by Gasteiger charge is -2.08. The van der Waals surface area contributed by atoms with Crippen LogP contribution in [0, 0.1) is 0 Å². The Hall–Kier alpha value is -6.52. The van der Waals surface area contributed by atoms with Gasteiger partial charge in [-0.15, -0.1) is 0 Å². The summed E-state index contributed by atoms with van der Waals surface area (Å²) in [6.07, 6.45) is 0. The molecule has 0 fully saturated rings.